The molecule has 0 amide bonds. The van der Waals surface area contributed by atoms with Gasteiger partial charge in [-0.1, -0.05) is 30.3 Å². The molecule has 8 rings (SSSR count). The molecule has 3 N–H and O–H groups in total. The van der Waals surface area contributed by atoms with Crippen LogP contribution in [0.2, 0.25) is 0 Å². The van der Waals surface area contributed by atoms with Gasteiger partial charge in [-0.3, -0.25) is 9.80 Å². The Morgan fingerprint density at radius 3 is 2.47 bits per heavy atom. The molecule has 0 aliphatic carbocycles. The van der Waals surface area contributed by atoms with Gasteiger partial charge in [0, 0.05) is 42.7 Å². The van der Waals surface area contributed by atoms with Crippen LogP contribution in [0.25, 0.3) is 32.8 Å². The van der Waals surface area contributed by atoms with Gasteiger partial charge in [-0.2, -0.15) is 9.97 Å². The Labute approximate surface area is 261 Å². The van der Waals surface area contributed by atoms with Gasteiger partial charge >= 0.3 is 6.01 Å². The molecule has 0 radical (unpaired) electrons. The fraction of sp³-hybridized carbons (Fsp3) is 0.486. The molecule has 0 unspecified atom stereocenters. The van der Waals surface area contributed by atoms with Crippen molar-refractivity contribution in [1.82, 2.24) is 19.8 Å². The third-order valence-electron chi connectivity index (χ3n) is 10.7. The minimum atomic E-state index is -0.773. The first-order chi connectivity index (χ1) is 21.9. The summed E-state index contributed by atoms with van der Waals surface area (Å²) in [6, 6.07) is 15.2. The van der Waals surface area contributed by atoms with E-state index in [1.54, 1.807) is 18.2 Å². The highest BCUT2D eigenvalue weighted by Crippen LogP contribution is 2.42. The molecule has 4 aromatic rings. The third kappa shape index (κ3) is 4.99. The van der Waals surface area contributed by atoms with E-state index < -0.39 is 11.9 Å². The first kappa shape index (κ1) is 28.9. The summed E-state index contributed by atoms with van der Waals surface area (Å²) in [5, 5.41) is 32.5. The summed E-state index contributed by atoms with van der Waals surface area (Å²) in [4.78, 5) is 16.7. The van der Waals surface area contributed by atoms with E-state index in [0.717, 1.165) is 62.4 Å². The number of aliphatic hydroxyl groups excluding tert-OH is 2. The fourth-order valence-corrected chi connectivity index (χ4v) is 8.58. The zero-order valence-corrected chi connectivity index (χ0v) is 25.4. The van der Waals surface area contributed by atoms with Crippen LogP contribution in [0.5, 0.6) is 11.8 Å². The second-order valence-corrected chi connectivity index (χ2v) is 13.4. The first-order valence-electron chi connectivity index (χ1n) is 16.3. The summed E-state index contributed by atoms with van der Waals surface area (Å²) in [6.07, 6.45) is 5.69. The van der Waals surface area contributed by atoms with Crippen molar-refractivity contribution in [1.29, 1.82) is 0 Å². The summed E-state index contributed by atoms with van der Waals surface area (Å²) in [5.41, 5.74) is 1.17. The normalized spacial score (nSPS) is 23.7. The summed E-state index contributed by atoms with van der Waals surface area (Å²) >= 11 is 0. The molecule has 10 heteroatoms. The molecular weight excluding hydrogens is 573 g/mol. The van der Waals surface area contributed by atoms with E-state index in [1.807, 2.05) is 30.3 Å². The number of fused-ring (bicyclic) bond motifs is 5. The van der Waals surface area contributed by atoms with Crippen LogP contribution >= 0.6 is 0 Å². The van der Waals surface area contributed by atoms with Gasteiger partial charge in [0.25, 0.3) is 0 Å². The van der Waals surface area contributed by atoms with Crippen LogP contribution in [0.15, 0.2) is 48.5 Å². The lowest BCUT2D eigenvalue weighted by Gasteiger charge is -2.42. The summed E-state index contributed by atoms with van der Waals surface area (Å²) in [6.45, 7) is 4.19. The van der Waals surface area contributed by atoms with Crippen molar-refractivity contribution in [3.63, 3.8) is 0 Å². The summed E-state index contributed by atoms with van der Waals surface area (Å²) in [5.74, 6) is 0.269. The Hall–Kier alpha value is -3.57. The lowest BCUT2D eigenvalue weighted by atomic mass is 9.95. The fourth-order valence-electron chi connectivity index (χ4n) is 8.58. The molecule has 3 aromatic carbocycles. The minimum Gasteiger partial charge on any atom is -0.508 e. The first-order valence-corrected chi connectivity index (χ1v) is 16.3. The molecule has 2 bridgehead atoms. The standard InChI is InChI=1S/C35H40FN5O4/c36-31-28(30-16-25(43)15-22-5-1-2-6-27(22)30)9-10-29-32(31)37-34(45-21-35-11-3-13-40(35)14-4-12-35)38-33(29)39-17-23-7-8-24(18-39)41(23)19-26(44)20-42/h1-2,5-6,9-10,15-16,23-24,26,42-44H,3-4,7-8,11-14,17-21H2/t23-,24+,26-/m0/s1. The number of hydrogen-bond acceptors (Lipinski definition) is 9. The number of piperazine rings is 1. The third-order valence-corrected chi connectivity index (χ3v) is 10.7. The number of ether oxygens (including phenoxy) is 1. The second-order valence-electron chi connectivity index (χ2n) is 13.4. The Balaban J connectivity index is 1.21. The molecule has 4 saturated heterocycles. The van der Waals surface area contributed by atoms with E-state index in [4.69, 9.17) is 14.7 Å². The quantitative estimate of drug-likeness (QED) is 0.268. The molecule has 1 aromatic heterocycles. The highest BCUT2D eigenvalue weighted by atomic mass is 19.1. The van der Waals surface area contributed by atoms with Crippen molar-refractivity contribution >= 4 is 27.5 Å². The van der Waals surface area contributed by atoms with Crippen LogP contribution < -0.4 is 9.64 Å². The number of nitrogens with zero attached hydrogens (tertiary/aromatic N) is 5. The highest BCUT2D eigenvalue weighted by molar-refractivity contribution is 6.01. The Morgan fingerprint density at radius 2 is 1.71 bits per heavy atom. The molecule has 4 aliphatic heterocycles. The largest absolute Gasteiger partial charge is 0.508 e. The molecule has 0 saturated carbocycles. The van der Waals surface area contributed by atoms with E-state index in [0.29, 0.717) is 48.6 Å². The van der Waals surface area contributed by atoms with Crippen LogP contribution in [0.1, 0.15) is 38.5 Å². The Morgan fingerprint density at radius 1 is 0.956 bits per heavy atom. The van der Waals surface area contributed by atoms with Crippen LogP contribution in [0.3, 0.4) is 0 Å². The summed E-state index contributed by atoms with van der Waals surface area (Å²) < 4.78 is 23.2. The lowest BCUT2D eigenvalue weighted by molar-refractivity contribution is 0.0375. The number of phenols is 1. The van der Waals surface area contributed by atoms with Gasteiger partial charge in [0.2, 0.25) is 0 Å². The predicted molar refractivity (Wildman–Crippen MR) is 171 cm³/mol. The van der Waals surface area contributed by atoms with Crippen LogP contribution in [-0.4, -0.2) is 105 Å². The van der Waals surface area contributed by atoms with Crippen molar-refractivity contribution in [2.24, 2.45) is 0 Å². The maximum Gasteiger partial charge on any atom is 0.319 e. The number of benzene rings is 3. The molecule has 5 heterocycles. The van der Waals surface area contributed by atoms with Crippen molar-refractivity contribution in [2.45, 2.75) is 62.3 Å². The van der Waals surface area contributed by atoms with Gasteiger partial charge in [0.15, 0.2) is 5.82 Å². The van der Waals surface area contributed by atoms with E-state index >= 15 is 4.39 Å². The van der Waals surface area contributed by atoms with E-state index in [1.165, 1.54) is 0 Å². The molecule has 45 heavy (non-hydrogen) atoms. The van der Waals surface area contributed by atoms with Crippen LogP contribution in [0.4, 0.5) is 10.2 Å². The van der Waals surface area contributed by atoms with E-state index in [2.05, 4.69) is 14.7 Å². The summed E-state index contributed by atoms with van der Waals surface area (Å²) in [7, 11) is 0. The van der Waals surface area contributed by atoms with Crippen molar-refractivity contribution in [3.05, 3.63) is 54.3 Å². The average molecular weight is 614 g/mol. The predicted octanol–water partition coefficient (Wildman–Crippen LogP) is 4.31. The number of halogens is 1. The number of aromatic hydroxyl groups is 1. The van der Waals surface area contributed by atoms with Crippen molar-refractivity contribution in [3.8, 4) is 22.9 Å². The maximum absolute atomic E-state index is 16.8. The maximum atomic E-state index is 16.8. The minimum absolute atomic E-state index is 0.00235. The Bertz CT molecular complexity index is 1730. The highest BCUT2D eigenvalue weighted by Gasteiger charge is 2.45. The number of rotatable bonds is 8. The monoisotopic (exact) mass is 613 g/mol. The Kier molecular flexibility index (Phi) is 7.28. The number of aromatic nitrogens is 2. The van der Waals surface area contributed by atoms with Crippen molar-refractivity contribution < 1.29 is 24.4 Å². The smallest absolute Gasteiger partial charge is 0.319 e. The molecule has 9 nitrogen and oxygen atoms in total. The lowest BCUT2D eigenvalue weighted by Crippen LogP contribution is -2.56. The van der Waals surface area contributed by atoms with Crippen LogP contribution in [-0.2, 0) is 0 Å². The van der Waals surface area contributed by atoms with E-state index in [9.17, 15) is 15.3 Å². The molecule has 236 valence electrons. The second kappa shape index (κ2) is 11.3. The van der Waals surface area contributed by atoms with Gasteiger partial charge in [-0.25, -0.2) is 4.39 Å². The van der Waals surface area contributed by atoms with Crippen molar-refractivity contribution in [2.75, 3.05) is 50.8 Å². The zero-order valence-electron chi connectivity index (χ0n) is 25.4. The molecule has 3 atom stereocenters. The van der Waals surface area contributed by atoms with Gasteiger partial charge in [0.1, 0.15) is 23.7 Å². The SMILES string of the molecule is OC[C@@H](O)CN1[C@@H]2CC[C@H]1CN(c1nc(OCC34CCCN3CCC4)nc3c(F)c(-c4cc(O)cc5ccccc45)ccc13)C2. The van der Waals surface area contributed by atoms with Gasteiger partial charge in [-0.15, -0.1) is 0 Å². The molecular formula is C35H40FN5O4. The van der Waals surface area contributed by atoms with E-state index in [-0.39, 0.29) is 41.5 Å². The average Bonchev–Trinajstić information content (AvgIpc) is 3.69. The number of hydrogen-bond donors (Lipinski definition) is 3. The number of aliphatic hydroxyl groups is 2. The molecule has 0 spiro atoms. The van der Waals surface area contributed by atoms with Gasteiger partial charge in [-0.05, 0) is 86.1 Å². The number of phenolic OH excluding ortho intramolecular Hbond substituents is 1. The van der Waals surface area contributed by atoms with Crippen LogP contribution in [0, 0.1) is 5.82 Å². The van der Waals surface area contributed by atoms with Gasteiger partial charge in [0.05, 0.1) is 18.2 Å². The number of anilines is 1. The zero-order chi connectivity index (χ0) is 30.7. The topological polar surface area (TPSA) is 105 Å². The molecule has 4 aliphatic rings. The van der Waals surface area contributed by atoms with Gasteiger partial charge < -0.3 is 25.0 Å². The molecule has 4 fully saturated rings.